The Balaban J connectivity index is 1.96. The maximum Gasteiger partial charge on any atom is 0.333 e. The number of hydrogen-bond donors (Lipinski definition) is 1. The highest BCUT2D eigenvalue weighted by Gasteiger charge is 2.45. The van der Waals surface area contributed by atoms with Gasteiger partial charge in [-0.05, 0) is 27.3 Å². The van der Waals surface area contributed by atoms with Gasteiger partial charge in [0, 0.05) is 30.5 Å². The van der Waals surface area contributed by atoms with Gasteiger partial charge in [-0.2, -0.15) is 0 Å². The van der Waals surface area contributed by atoms with Crippen LogP contribution in [0.1, 0.15) is 33.1 Å². The van der Waals surface area contributed by atoms with Gasteiger partial charge >= 0.3 is 5.97 Å². The Morgan fingerprint density at radius 1 is 1.41 bits per heavy atom. The summed E-state index contributed by atoms with van der Waals surface area (Å²) in [5.41, 5.74) is 0.650. The lowest BCUT2D eigenvalue weighted by Crippen LogP contribution is -2.45. The van der Waals surface area contributed by atoms with Crippen molar-refractivity contribution in [2.45, 2.75) is 57.4 Å². The molecule has 0 amide bonds. The van der Waals surface area contributed by atoms with Gasteiger partial charge < -0.3 is 9.84 Å². The number of hydrogen-bond acceptors (Lipinski definition) is 4. The molecule has 0 aliphatic carbocycles. The molecule has 2 fully saturated rings. The average molecular weight is 239 g/mol. The van der Waals surface area contributed by atoms with E-state index in [1.165, 1.54) is 0 Å². The van der Waals surface area contributed by atoms with Gasteiger partial charge in [-0.15, -0.1) is 0 Å². The van der Waals surface area contributed by atoms with Gasteiger partial charge in [0.1, 0.15) is 6.10 Å². The first-order chi connectivity index (χ1) is 8.02. The van der Waals surface area contributed by atoms with E-state index in [9.17, 15) is 9.90 Å². The van der Waals surface area contributed by atoms with Gasteiger partial charge in [-0.3, -0.25) is 4.90 Å². The molecule has 1 unspecified atom stereocenters. The Bertz CT molecular complexity index is 340. The minimum absolute atomic E-state index is 0.0410. The molecule has 0 spiro atoms. The SMILES string of the molecule is C/C=C(\C)C(=O)OC1C[C@@H]2C[C@H](O)[C@H](C1)N2C. The van der Waals surface area contributed by atoms with E-state index in [4.69, 9.17) is 4.74 Å². The number of ether oxygens (including phenoxy) is 1. The van der Waals surface area contributed by atoms with Crippen LogP contribution in [0.15, 0.2) is 11.6 Å². The van der Waals surface area contributed by atoms with Gasteiger partial charge in [-0.1, -0.05) is 6.08 Å². The number of piperidine rings is 1. The molecular weight excluding hydrogens is 218 g/mol. The van der Waals surface area contributed by atoms with Crippen LogP contribution in [0.5, 0.6) is 0 Å². The number of aliphatic hydroxyl groups excluding tert-OH is 1. The van der Waals surface area contributed by atoms with Crippen LogP contribution in [0.2, 0.25) is 0 Å². The molecule has 4 nitrogen and oxygen atoms in total. The number of aliphatic hydroxyl groups is 1. The summed E-state index contributed by atoms with van der Waals surface area (Å²) in [5.74, 6) is -0.226. The second-order valence-electron chi connectivity index (χ2n) is 5.16. The predicted molar refractivity (Wildman–Crippen MR) is 64.5 cm³/mol. The van der Waals surface area contributed by atoms with Crippen molar-refractivity contribution in [3.05, 3.63) is 11.6 Å². The van der Waals surface area contributed by atoms with E-state index < -0.39 is 0 Å². The molecule has 2 saturated heterocycles. The molecule has 2 aliphatic rings. The maximum atomic E-state index is 11.7. The topological polar surface area (TPSA) is 49.8 Å². The van der Waals surface area contributed by atoms with Crippen molar-refractivity contribution in [3.63, 3.8) is 0 Å². The van der Waals surface area contributed by atoms with Gasteiger partial charge in [0.05, 0.1) is 6.10 Å². The molecule has 17 heavy (non-hydrogen) atoms. The third-order valence-corrected chi connectivity index (χ3v) is 4.12. The number of fused-ring (bicyclic) bond motifs is 2. The highest BCUT2D eigenvalue weighted by Crippen LogP contribution is 2.35. The van der Waals surface area contributed by atoms with Gasteiger partial charge in [0.25, 0.3) is 0 Å². The van der Waals surface area contributed by atoms with Crippen LogP contribution < -0.4 is 0 Å². The molecule has 0 saturated carbocycles. The summed E-state index contributed by atoms with van der Waals surface area (Å²) in [4.78, 5) is 13.9. The summed E-state index contributed by atoms with van der Waals surface area (Å²) in [5, 5.41) is 9.88. The third kappa shape index (κ3) is 2.38. The normalized spacial score (nSPS) is 38.2. The second-order valence-corrected chi connectivity index (χ2v) is 5.16. The first kappa shape index (κ1) is 12.6. The van der Waals surface area contributed by atoms with Crippen LogP contribution in [0.4, 0.5) is 0 Å². The molecule has 0 aromatic heterocycles. The highest BCUT2D eigenvalue weighted by molar-refractivity contribution is 5.87. The molecule has 0 aromatic carbocycles. The first-order valence-electron chi connectivity index (χ1n) is 6.26. The number of likely N-dealkylation sites (N-methyl/N-ethyl adjacent to an activating group) is 1. The van der Waals surface area contributed by atoms with Crippen molar-refractivity contribution in [3.8, 4) is 0 Å². The van der Waals surface area contributed by atoms with Crippen LogP contribution in [-0.4, -0.2) is 47.3 Å². The number of nitrogens with zero attached hydrogens (tertiary/aromatic N) is 1. The molecule has 2 rings (SSSR count). The van der Waals surface area contributed by atoms with Gasteiger partial charge in [0.15, 0.2) is 0 Å². The number of esters is 1. The highest BCUT2D eigenvalue weighted by atomic mass is 16.5. The Hall–Kier alpha value is -0.870. The first-order valence-corrected chi connectivity index (χ1v) is 6.26. The monoisotopic (exact) mass is 239 g/mol. The van der Waals surface area contributed by atoms with E-state index in [1.807, 2.05) is 14.0 Å². The smallest absolute Gasteiger partial charge is 0.333 e. The van der Waals surface area contributed by atoms with Gasteiger partial charge in [-0.25, -0.2) is 4.79 Å². The lowest BCUT2D eigenvalue weighted by molar-refractivity contribution is -0.147. The molecule has 0 radical (unpaired) electrons. The zero-order chi connectivity index (χ0) is 12.6. The summed E-state index contributed by atoms with van der Waals surface area (Å²) in [6.07, 6.45) is 3.85. The molecule has 1 N–H and O–H groups in total. The number of carbonyl (C=O) groups excluding carboxylic acids is 1. The zero-order valence-electron chi connectivity index (χ0n) is 10.7. The largest absolute Gasteiger partial charge is 0.459 e. The molecule has 0 aromatic rings. The Morgan fingerprint density at radius 2 is 2.12 bits per heavy atom. The third-order valence-electron chi connectivity index (χ3n) is 4.12. The molecule has 2 bridgehead atoms. The summed E-state index contributed by atoms with van der Waals surface area (Å²) >= 11 is 0. The maximum absolute atomic E-state index is 11.7. The zero-order valence-corrected chi connectivity index (χ0v) is 10.7. The Labute approximate surface area is 102 Å². The average Bonchev–Trinajstić information content (AvgIpc) is 2.49. The number of allylic oxidation sites excluding steroid dienone is 1. The number of rotatable bonds is 2. The van der Waals surface area contributed by atoms with Crippen LogP contribution in [0.3, 0.4) is 0 Å². The molecule has 4 heteroatoms. The second kappa shape index (κ2) is 4.78. The minimum atomic E-state index is -0.267. The van der Waals surface area contributed by atoms with Crippen LogP contribution >= 0.6 is 0 Å². The van der Waals surface area contributed by atoms with E-state index in [1.54, 1.807) is 13.0 Å². The van der Waals surface area contributed by atoms with Crippen molar-refractivity contribution in [2.24, 2.45) is 0 Å². The lowest BCUT2D eigenvalue weighted by atomic mass is 10.00. The van der Waals surface area contributed by atoms with E-state index in [-0.39, 0.29) is 24.2 Å². The van der Waals surface area contributed by atoms with Crippen LogP contribution in [-0.2, 0) is 9.53 Å². The molecular formula is C13H21NO3. The summed E-state index contributed by atoms with van der Waals surface area (Å²) < 4.78 is 5.48. The van der Waals surface area contributed by atoms with E-state index >= 15 is 0 Å². The fourth-order valence-electron chi connectivity index (χ4n) is 2.86. The molecule has 4 atom stereocenters. The van der Waals surface area contributed by atoms with Crippen molar-refractivity contribution in [1.29, 1.82) is 0 Å². The van der Waals surface area contributed by atoms with Crippen LogP contribution in [0, 0.1) is 0 Å². The molecule has 2 heterocycles. The van der Waals surface area contributed by atoms with Crippen molar-refractivity contribution in [1.82, 2.24) is 4.90 Å². The van der Waals surface area contributed by atoms with E-state index in [2.05, 4.69) is 4.90 Å². The Morgan fingerprint density at radius 3 is 2.71 bits per heavy atom. The summed E-state index contributed by atoms with van der Waals surface area (Å²) in [6.45, 7) is 3.60. The van der Waals surface area contributed by atoms with Crippen LogP contribution in [0.25, 0.3) is 0 Å². The predicted octanol–water partition coefficient (Wildman–Crippen LogP) is 1.09. The Kier molecular flexibility index (Phi) is 3.54. The summed E-state index contributed by atoms with van der Waals surface area (Å²) in [6, 6.07) is 0.505. The fourth-order valence-corrected chi connectivity index (χ4v) is 2.86. The molecule has 2 aliphatic heterocycles. The number of carbonyl (C=O) groups is 1. The van der Waals surface area contributed by atoms with Crippen molar-refractivity contribution in [2.75, 3.05) is 7.05 Å². The standard InChI is InChI=1S/C13H21NO3/c1-4-8(2)13(16)17-10-5-9-6-12(15)11(7-10)14(9)3/h4,9-12,15H,5-7H2,1-3H3/b8-4+/t9-,10?,11+,12+/m1/s1. The minimum Gasteiger partial charge on any atom is -0.459 e. The van der Waals surface area contributed by atoms with Gasteiger partial charge in [0.2, 0.25) is 0 Å². The summed E-state index contributed by atoms with van der Waals surface area (Å²) in [7, 11) is 2.04. The fraction of sp³-hybridized carbons (Fsp3) is 0.769. The van der Waals surface area contributed by atoms with E-state index in [0.29, 0.717) is 11.6 Å². The van der Waals surface area contributed by atoms with Crippen molar-refractivity contribution >= 4 is 5.97 Å². The quantitative estimate of drug-likeness (QED) is 0.579. The molecule has 96 valence electrons. The van der Waals surface area contributed by atoms with Crippen molar-refractivity contribution < 1.29 is 14.6 Å². The van der Waals surface area contributed by atoms with E-state index in [0.717, 1.165) is 19.3 Å². The lowest BCUT2D eigenvalue weighted by Gasteiger charge is -2.36.